The van der Waals surface area contributed by atoms with E-state index in [9.17, 15) is 4.79 Å². The quantitative estimate of drug-likeness (QED) is 0.469. The van der Waals surface area contributed by atoms with Crippen LogP contribution in [0.1, 0.15) is 11.3 Å². The summed E-state index contributed by atoms with van der Waals surface area (Å²) in [5.74, 6) is 1.70. The Bertz CT molecular complexity index is 1070. The minimum atomic E-state index is -0.357. The molecule has 150 valence electrons. The fraction of sp³-hybridized carbons (Fsp3) is 0.136. The Morgan fingerprint density at radius 3 is 2.45 bits per heavy atom. The van der Waals surface area contributed by atoms with Gasteiger partial charge in [0.15, 0.2) is 0 Å². The van der Waals surface area contributed by atoms with Gasteiger partial charge in [0.25, 0.3) is 0 Å². The van der Waals surface area contributed by atoms with Gasteiger partial charge in [0.1, 0.15) is 23.0 Å². The minimum Gasteiger partial charge on any atom is -0.495 e. The van der Waals surface area contributed by atoms with Gasteiger partial charge in [0, 0.05) is 28.8 Å². The lowest BCUT2D eigenvalue weighted by molar-refractivity contribution is -0.111. The Morgan fingerprint density at radius 2 is 1.76 bits per heavy atom. The van der Waals surface area contributed by atoms with Crippen LogP contribution in [0.4, 0.5) is 5.69 Å². The van der Waals surface area contributed by atoms with Crippen LogP contribution in [-0.4, -0.2) is 20.1 Å². The summed E-state index contributed by atoms with van der Waals surface area (Å²) in [6, 6.07) is 12.5. The molecule has 0 atom stereocenters. The number of furan rings is 1. The van der Waals surface area contributed by atoms with E-state index in [1.165, 1.54) is 20.3 Å². The molecule has 7 heteroatoms. The van der Waals surface area contributed by atoms with Gasteiger partial charge in [-0.25, -0.2) is 0 Å². The maximum Gasteiger partial charge on any atom is 0.248 e. The van der Waals surface area contributed by atoms with Crippen LogP contribution in [0.3, 0.4) is 0 Å². The molecule has 3 rings (SSSR count). The number of halogens is 2. The van der Waals surface area contributed by atoms with Crippen LogP contribution in [-0.2, 0) is 4.79 Å². The molecule has 5 nitrogen and oxygen atoms in total. The second kappa shape index (κ2) is 9.07. The largest absolute Gasteiger partial charge is 0.495 e. The summed E-state index contributed by atoms with van der Waals surface area (Å²) < 4.78 is 16.2. The van der Waals surface area contributed by atoms with Crippen LogP contribution in [0, 0.1) is 6.92 Å². The first-order valence-corrected chi connectivity index (χ1v) is 9.44. The lowest BCUT2D eigenvalue weighted by Gasteiger charge is -2.12. The van der Waals surface area contributed by atoms with Crippen LogP contribution in [0.5, 0.6) is 11.5 Å². The van der Waals surface area contributed by atoms with E-state index < -0.39 is 0 Å². The number of carbonyl (C=O) groups excluding carboxylic acids is 1. The first-order chi connectivity index (χ1) is 13.9. The topological polar surface area (TPSA) is 60.7 Å². The zero-order chi connectivity index (χ0) is 21.0. The van der Waals surface area contributed by atoms with Crippen molar-refractivity contribution in [3.8, 4) is 22.8 Å². The van der Waals surface area contributed by atoms with Gasteiger partial charge < -0.3 is 19.2 Å². The van der Waals surface area contributed by atoms with E-state index in [1.54, 1.807) is 24.3 Å². The van der Waals surface area contributed by atoms with E-state index >= 15 is 0 Å². The van der Waals surface area contributed by atoms with E-state index in [2.05, 4.69) is 5.32 Å². The standard InChI is InChI=1S/C22H19Cl2NO4/c1-13-4-5-14(10-16(13)23)19-8-6-15(29-19)7-9-22(26)25-18-12-20(27-2)17(24)11-21(18)28-3/h4-12H,1-3H3,(H,25,26)/b9-7+. The molecule has 0 saturated heterocycles. The number of ether oxygens (including phenoxy) is 2. The van der Waals surface area contributed by atoms with Crippen molar-refractivity contribution in [1.29, 1.82) is 0 Å². The highest BCUT2D eigenvalue weighted by Crippen LogP contribution is 2.36. The van der Waals surface area contributed by atoms with Gasteiger partial charge in [-0.3, -0.25) is 4.79 Å². The predicted molar refractivity (Wildman–Crippen MR) is 116 cm³/mol. The number of amides is 1. The molecule has 0 aliphatic heterocycles. The lowest BCUT2D eigenvalue weighted by Crippen LogP contribution is -2.09. The number of benzene rings is 2. The number of nitrogens with one attached hydrogen (secondary N) is 1. The van der Waals surface area contributed by atoms with E-state index in [0.29, 0.717) is 38.8 Å². The lowest BCUT2D eigenvalue weighted by atomic mass is 10.1. The molecule has 2 aromatic carbocycles. The number of rotatable bonds is 6. The predicted octanol–water partition coefficient (Wildman–Crippen LogP) is 6.23. The van der Waals surface area contributed by atoms with Gasteiger partial charge in [0.05, 0.1) is 24.9 Å². The van der Waals surface area contributed by atoms with Crippen LogP contribution in [0.2, 0.25) is 10.0 Å². The van der Waals surface area contributed by atoms with Gasteiger partial charge in [-0.15, -0.1) is 0 Å². The number of carbonyl (C=O) groups is 1. The summed E-state index contributed by atoms with van der Waals surface area (Å²) in [6.07, 6.45) is 2.94. The van der Waals surface area contributed by atoms with Crippen molar-refractivity contribution in [2.45, 2.75) is 6.92 Å². The molecule has 0 fully saturated rings. The fourth-order valence-corrected chi connectivity index (χ4v) is 3.05. The molecule has 0 bridgehead atoms. The molecule has 29 heavy (non-hydrogen) atoms. The van der Waals surface area contributed by atoms with Crippen molar-refractivity contribution < 1.29 is 18.7 Å². The average Bonchev–Trinajstić information content (AvgIpc) is 3.18. The number of anilines is 1. The normalized spacial score (nSPS) is 10.9. The van der Waals surface area contributed by atoms with Crippen LogP contribution < -0.4 is 14.8 Å². The Kier molecular flexibility index (Phi) is 6.52. The highest BCUT2D eigenvalue weighted by molar-refractivity contribution is 6.32. The molecule has 1 amide bonds. The van der Waals surface area contributed by atoms with E-state index in [4.69, 9.17) is 37.1 Å². The number of methoxy groups -OCH3 is 2. The maximum atomic E-state index is 12.3. The first-order valence-electron chi connectivity index (χ1n) is 8.68. The molecular weight excluding hydrogens is 413 g/mol. The second-order valence-corrected chi connectivity index (χ2v) is 6.99. The number of aryl methyl sites for hydroxylation is 1. The second-order valence-electron chi connectivity index (χ2n) is 6.18. The van der Waals surface area contributed by atoms with Crippen LogP contribution in [0.15, 0.2) is 53.0 Å². The van der Waals surface area contributed by atoms with Gasteiger partial charge in [-0.2, -0.15) is 0 Å². The van der Waals surface area contributed by atoms with Crippen molar-refractivity contribution in [3.63, 3.8) is 0 Å². The van der Waals surface area contributed by atoms with E-state index in [0.717, 1.165) is 11.1 Å². The molecule has 0 aliphatic carbocycles. The molecule has 0 saturated carbocycles. The molecular formula is C22H19Cl2NO4. The first kappa shape index (κ1) is 20.8. The zero-order valence-electron chi connectivity index (χ0n) is 16.1. The van der Waals surface area contributed by atoms with Gasteiger partial charge in [-0.1, -0.05) is 35.3 Å². The van der Waals surface area contributed by atoms with Crippen molar-refractivity contribution in [2.75, 3.05) is 19.5 Å². The maximum absolute atomic E-state index is 12.3. The SMILES string of the molecule is COc1cc(NC(=O)/C=C/c2ccc(-c3ccc(C)c(Cl)c3)o2)c(OC)cc1Cl. The molecule has 0 unspecified atom stereocenters. The van der Waals surface area contributed by atoms with Crippen molar-refractivity contribution in [1.82, 2.24) is 0 Å². The van der Waals surface area contributed by atoms with Gasteiger partial charge in [0.2, 0.25) is 5.91 Å². The number of hydrogen-bond donors (Lipinski definition) is 1. The van der Waals surface area contributed by atoms with Crippen molar-refractivity contribution in [3.05, 3.63) is 69.9 Å². The molecule has 1 N–H and O–H groups in total. The summed E-state index contributed by atoms with van der Waals surface area (Å²) in [5.41, 5.74) is 2.30. The summed E-state index contributed by atoms with van der Waals surface area (Å²) in [7, 11) is 2.99. The molecule has 3 aromatic rings. The monoisotopic (exact) mass is 431 g/mol. The third-order valence-corrected chi connectivity index (χ3v) is 4.92. The number of hydrogen-bond acceptors (Lipinski definition) is 4. The fourth-order valence-electron chi connectivity index (χ4n) is 2.63. The van der Waals surface area contributed by atoms with Gasteiger partial charge >= 0.3 is 0 Å². The van der Waals surface area contributed by atoms with Crippen LogP contribution >= 0.6 is 23.2 Å². The Labute approximate surface area is 178 Å². The average molecular weight is 432 g/mol. The van der Waals surface area contributed by atoms with Crippen LogP contribution in [0.25, 0.3) is 17.4 Å². The smallest absolute Gasteiger partial charge is 0.248 e. The summed E-state index contributed by atoms with van der Waals surface area (Å²) in [5, 5.41) is 3.79. The minimum absolute atomic E-state index is 0.357. The Hall–Kier alpha value is -2.89. The highest BCUT2D eigenvalue weighted by Gasteiger charge is 2.12. The van der Waals surface area contributed by atoms with Crippen molar-refractivity contribution in [2.24, 2.45) is 0 Å². The summed E-state index contributed by atoms with van der Waals surface area (Å²) in [4.78, 5) is 12.3. The Balaban J connectivity index is 1.73. The zero-order valence-corrected chi connectivity index (χ0v) is 17.6. The van der Waals surface area contributed by atoms with Crippen molar-refractivity contribution >= 4 is 40.9 Å². The Morgan fingerprint density at radius 1 is 1.00 bits per heavy atom. The van der Waals surface area contributed by atoms with Gasteiger partial charge in [-0.05, 0) is 36.8 Å². The van der Waals surface area contributed by atoms with E-state index in [1.807, 2.05) is 31.2 Å². The summed E-state index contributed by atoms with van der Waals surface area (Å²) in [6.45, 7) is 1.94. The third kappa shape index (κ3) is 4.94. The summed E-state index contributed by atoms with van der Waals surface area (Å²) >= 11 is 12.2. The molecule has 0 radical (unpaired) electrons. The third-order valence-electron chi connectivity index (χ3n) is 4.21. The van der Waals surface area contributed by atoms with E-state index in [-0.39, 0.29) is 5.91 Å². The highest BCUT2D eigenvalue weighted by atomic mass is 35.5. The molecule has 1 heterocycles. The molecule has 0 spiro atoms. The molecule has 0 aliphatic rings. The molecule has 1 aromatic heterocycles.